The molecule has 82 valence electrons. The molecule has 0 aliphatic heterocycles. The van der Waals surface area contributed by atoms with Crippen LogP contribution in [0.4, 0.5) is 0 Å². The standard InChI is InChI=1S/C10H20N2O2/c1-9(6-8-12(2)3)11-7-4-5-10(13)14/h4-5,9,11H,6-8H2,1-3H3,(H,13,14)/b5-4+. The van der Waals surface area contributed by atoms with Gasteiger partial charge in [-0.15, -0.1) is 0 Å². The van der Waals surface area contributed by atoms with Crippen molar-refractivity contribution in [2.24, 2.45) is 0 Å². The number of hydrogen-bond acceptors (Lipinski definition) is 3. The van der Waals surface area contributed by atoms with Gasteiger partial charge >= 0.3 is 5.97 Å². The van der Waals surface area contributed by atoms with Crippen molar-refractivity contribution in [3.05, 3.63) is 12.2 Å². The molecule has 0 fully saturated rings. The molecule has 4 nitrogen and oxygen atoms in total. The molecule has 1 unspecified atom stereocenters. The summed E-state index contributed by atoms with van der Waals surface area (Å²) in [4.78, 5) is 12.3. The molecule has 0 rings (SSSR count). The van der Waals surface area contributed by atoms with Crippen molar-refractivity contribution in [3.8, 4) is 0 Å². The van der Waals surface area contributed by atoms with Crippen molar-refractivity contribution >= 4 is 5.97 Å². The first kappa shape index (κ1) is 13.1. The minimum absolute atomic E-state index is 0.413. The zero-order chi connectivity index (χ0) is 11.0. The number of rotatable bonds is 7. The van der Waals surface area contributed by atoms with Crippen LogP contribution in [0.3, 0.4) is 0 Å². The van der Waals surface area contributed by atoms with Gasteiger partial charge in [-0.3, -0.25) is 0 Å². The van der Waals surface area contributed by atoms with Gasteiger partial charge in [-0.05, 0) is 34.0 Å². The van der Waals surface area contributed by atoms with Crippen LogP contribution < -0.4 is 5.32 Å². The maximum Gasteiger partial charge on any atom is 0.328 e. The smallest absolute Gasteiger partial charge is 0.328 e. The lowest BCUT2D eigenvalue weighted by atomic mass is 10.2. The van der Waals surface area contributed by atoms with E-state index in [2.05, 4.69) is 17.1 Å². The van der Waals surface area contributed by atoms with Gasteiger partial charge in [0.05, 0.1) is 0 Å². The fourth-order valence-electron chi connectivity index (χ4n) is 0.983. The molecule has 1 atom stereocenters. The van der Waals surface area contributed by atoms with Crippen LogP contribution in [0.1, 0.15) is 13.3 Å². The summed E-state index contributed by atoms with van der Waals surface area (Å²) in [6.07, 6.45) is 3.84. The predicted molar refractivity (Wildman–Crippen MR) is 57.4 cm³/mol. The van der Waals surface area contributed by atoms with E-state index < -0.39 is 5.97 Å². The van der Waals surface area contributed by atoms with E-state index in [9.17, 15) is 4.79 Å². The van der Waals surface area contributed by atoms with E-state index >= 15 is 0 Å². The number of nitrogens with zero attached hydrogens (tertiary/aromatic N) is 1. The molecule has 0 aromatic heterocycles. The Morgan fingerprint density at radius 3 is 2.71 bits per heavy atom. The van der Waals surface area contributed by atoms with Gasteiger partial charge < -0.3 is 15.3 Å². The van der Waals surface area contributed by atoms with Crippen molar-refractivity contribution in [1.29, 1.82) is 0 Å². The van der Waals surface area contributed by atoms with Crippen molar-refractivity contribution in [3.63, 3.8) is 0 Å². The molecule has 14 heavy (non-hydrogen) atoms. The molecule has 0 aliphatic rings. The maximum atomic E-state index is 10.1. The van der Waals surface area contributed by atoms with Gasteiger partial charge in [-0.2, -0.15) is 0 Å². The monoisotopic (exact) mass is 200 g/mol. The number of carboxylic acids is 1. The SMILES string of the molecule is CC(CCN(C)C)NC/C=C/C(=O)O. The minimum Gasteiger partial charge on any atom is -0.478 e. The van der Waals surface area contributed by atoms with Gasteiger partial charge in [-0.25, -0.2) is 4.79 Å². The van der Waals surface area contributed by atoms with Crippen LogP contribution in [0.2, 0.25) is 0 Å². The van der Waals surface area contributed by atoms with Crippen molar-refractivity contribution < 1.29 is 9.90 Å². The molecule has 0 spiro atoms. The first-order valence-corrected chi connectivity index (χ1v) is 4.80. The second kappa shape index (κ2) is 7.53. The summed E-state index contributed by atoms with van der Waals surface area (Å²) < 4.78 is 0. The van der Waals surface area contributed by atoms with Gasteiger partial charge in [0.25, 0.3) is 0 Å². The molecule has 0 heterocycles. The summed E-state index contributed by atoms with van der Waals surface area (Å²) in [6.45, 7) is 3.75. The molecule has 2 N–H and O–H groups in total. The van der Waals surface area contributed by atoms with Crippen LogP contribution in [0.25, 0.3) is 0 Å². The highest BCUT2D eigenvalue weighted by molar-refractivity contribution is 5.79. The number of aliphatic carboxylic acids is 1. The van der Waals surface area contributed by atoms with Crippen LogP contribution in [0.5, 0.6) is 0 Å². The zero-order valence-electron chi connectivity index (χ0n) is 9.16. The molecule has 0 saturated carbocycles. The van der Waals surface area contributed by atoms with E-state index in [1.807, 2.05) is 14.1 Å². The van der Waals surface area contributed by atoms with E-state index in [0.717, 1.165) is 19.0 Å². The van der Waals surface area contributed by atoms with Crippen molar-refractivity contribution in [2.75, 3.05) is 27.2 Å². The van der Waals surface area contributed by atoms with Gasteiger partial charge in [0.1, 0.15) is 0 Å². The van der Waals surface area contributed by atoms with E-state index in [4.69, 9.17) is 5.11 Å². The van der Waals surface area contributed by atoms with Crippen LogP contribution in [0, 0.1) is 0 Å². The van der Waals surface area contributed by atoms with Crippen molar-refractivity contribution in [2.45, 2.75) is 19.4 Å². The van der Waals surface area contributed by atoms with E-state index in [0.29, 0.717) is 12.6 Å². The molecule has 0 aromatic rings. The second-order valence-electron chi connectivity index (χ2n) is 3.64. The average molecular weight is 200 g/mol. The lowest BCUT2D eigenvalue weighted by Crippen LogP contribution is -2.29. The highest BCUT2D eigenvalue weighted by atomic mass is 16.4. The largest absolute Gasteiger partial charge is 0.478 e. The Labute approximate surface area is 85.6 Å². The summed E-state index contributed by atoms with van der Waals surface area (Å²) >= 11 is 0. The molecular weight excluding hydrogens is 180 g/mol. The van der Waals surface area contributed by atoms with Gasteiger partial charge in [0, 0.05) is 18.7 Å². The average Bonchev–Trinajstić information content (AvgIpc) is 2.08. The van der Waals surface area contributed by atoms with E-state index in [-0.39, 0.29) is 0 Å². The molecule has 0 saturated heterocycles. The molecular formula is C10H20N2O2. The minimum atomic E-state index is -0.896. The molecule has 0 bridgehead atoms. The third-order valence-electron chi connectivity index (χ3n) is 1.85. The molecule has 0 aromatic carbocycles. The maximum absolute atomic E-state index is 10.1. The molecule has 4 heteroatoms. The Morgan fingerprint density at radius 1 is 1.57 bits per heavy atom. The van der Waals surface area contributed by atoms with Crippen LogP contribution in [-0.4, -0.2) is 49.2 Å². The predicted octanol–water partition coefficient (Wildman–Crippen LogP) is 0.557. The summed E-state index contributed by atoms with van der Waals surface area (Å²) in [5.74, 6) is -0.896. The van der Waals surface area contributed by atoms with Gasteiger partial charge in [-0.1, -0.05) is 6.08 Å². The summed E-state index contributed by atoms with van der Waals surface area (Å²) in [5.41, 5.74) is 0. The molecule has 0 radical (unpaired) electrons. The fraction of sp³-hybridized carbons (Fsp3) is 0.700. The first-order valence-electron chi connectivity index (χ1n) is 4.80. The molecule has 0 amide bonds. The second-order valence-corrected chi connectivity index (χ2v) is 3.64. The Kier molecular flexibility index (Phi) is 7.06. The number of nitrogens with one attached hydrogen (secondary N) is 1. The zero-order valence-corrected chi connectivity index (χ0v) is 9.16. The third-order valence-corrected chi connectivity index (χ3v) is 1.85. The Morgan fingerprint density at radius 2 is 2.21 bits per heavy atom. The quantitative estimate of drug-likeness (QED) is 0.590. The topological polar surface area (TPSA) is 52.6 Å². The number of hydrogen-bond donors (Lipinski definition) is 2. The number of carboxylic acid groups (broad SMARTS) is 1. The summed E-state index contributed by atoms with van der Waals surface area (Å²) in [5, 5.41) is 11.6. The fourth-order valence-corrected chi connectivity index (χ4v) is 0.983. The highest BCUT2D eigenvalue weighted by Gasteiger charge is 1.99. The normalized spacial score (nSPS) is 13.7. The van der Waals surface area contributed by atoms with Gasteiger partial charge in [0.15, 0.2) is 0 Å². The summed E-state index contributed by atoms with van der Waals surface area (Å²) in [6, 6.07) is 0.413. The molecule has 0 aliphatic carbocycles. The lowest BCUT2D eigenvalue weighted by Gasteiger charge is -2.15. The van der Waals surface area contributed by atoms with Crippen LogP contribution in [-0.2, 0) is 4.79 Å². The number of carbonyl (C=O) groups is 1. The van der Waals surface area contributed by atoms with E-state index in [1.54, 1.807) is 6.08 Å². The Hall–Kier alpha value is -0.870. The Bertz CT molecular complexity index is 191. The lowest BCUT2D eigenvalue weighted by molar-refractivity contribution is -0.131. The summed E-state index contributed by atoms with van der Waals surface area (Å²) in [7, 11) is 4.08. The Balaban J connectivity index is 3.44. The van der Waals surface area contributed by atoms with E-state index in [1.165, 1.54) is 0 Å². The van der Waals surface area contributed by atoms with Gasteiger partial charge in [0.2, 0.25) is 0 Å². The first-order chi connectivity index (χ1) is 6.52. The third kappa shape index (κ3) is 9.22. The highest BCUT2D eigenvalue weighted by Crippen LogP contribution is 1.91. The van der Waals surface area contributed by atoms with Crippen LogP contribution >= 0.6 is 0 Å². The van der Waals surface area contributed by atoms with Crippen LogP contribution in [0.15, 0.2) is 12.2 Å². The van der Waals surface area contributed by atoms with Crippen molar-refractivity contribution in [1.82, 2.24) is 10.2 Å².